The molecule has 0 spiro atoms. The van der Waals surface area contributed by atoms with Crippen molar-refractivity contribution in [2.75, 3.05) is 6.61 Å². The lowest BCUT2D eigenvalue weighted by Gasteiger charge is -2.25. The molecule has 0 radical (unpaired) electrons. The molecular formula is C38H31N3O7S2. The van der Waals surface area contributed by atoms with Gasteiger partial charge in [-0.3, -0.25) is 4.57 Å². The lowest BCUT2D eigenvalue weighted by molar-refractivity contribution is -0.0634. The lowest BCUT2D eigenvalue weighted by Crippen LogP contribution is -2.41. The maximum atomic E-state index is 13.7. The molecule has 4 aromatic carbocycles. The summed E-state index contributed by atoms with van der Waals surface area (Å²) in [5, 5.41) is 0.599. The number of esters is 3. The summed E-state index contributed by atoms with van der Waals surface area (Å²) in [5.74, 6) is -1.26. The summed E-state index contributed by atoms with van der Waals surface area (Å²) in [6.45, 7) is 1.59. The van der Waals surface area contributed by atoms with Crippen molar-refractivity contribution in [2.45, 2.75) is 42.4 Å². The number of rotatable bonds is 11. The first kappa shape index (κ1) is 33.2. The molecule has 252 valence electrons. The fourth-order valence-corrected chi connectivity index (χ4v) is 7.49. The molecule has 0 aliphatic carbocycles. The molecule has 1 aliphatic heterocycles. The predicted molar refractivity (Wildman–Crippen MR) is 188 cm³/mol. The standard InChI is InChI=1S/C38H31N3O7S2/c1-24-30-34(50-40-24)41(38(39-30)49-23-25-14-6-2-7-15-25)33-32(48-37(44)28-20-12-5-13-21-28)31(47-36(43)27-18-10-4-11-19-27)29(46-33)22-45-35(42)26-16-8-3-9-17-26/h2-21,29,31-33H,22-23H2,1H3/t29-,31-,32-,33-/m1/s1. The second-order valence-corrected chi connectivity index (χ2v) is 13.2. The first-order valence-corrected chi connectivity index (χ1v) is 17.6. The van der Waals surface area contributed by atoms with Crippen molar-refractivity contribution < 1.29 is 33.3 Å². The number of thioether (sulfide) groups is 1. The zero-order valence-electron chi connectivity index (χ0n) is 26.8. The van der Waals surface area contributed by atoms with Crippen LogP contribution in [0.25, 0.3) is 10.3 Å². The Morgan fingerprint density at radius 3 is 1.84 bits per heavy atom. The van der Waals surface area contributed by atoms with Gasteiger partial charge in [-0.15, -0.1) is 0 Å². The third-order valence-corrected chi connectivity index (χ3v) is 10.0. The Balaban J connectivity index is 1.29. The zero-order chi connectivity index (χ0) is 34.5. The summed E-state index contributed by atoms with van der Waals surface area (Å²) in [7, 11) is 0. The molecule has 10 nitrogen and oxygen atoms in total. The average molecular weight is 706 g/mol. The minimum absolute atomic E-state index is 0.289. The largest absolute Gasteiger partial charge is 0.459 e. The Morgan fingerprint density at radius 2 is 1.26 bits per heavy atom. The highest BCUT2D eigenvalue weighted by molar-refractivity contribution is 7.98. The van der Waals surface area contributed by atoms with Crippen molar-refractivity contribution in [1.82, 2.24) is 13.9 Å². The first-order valence-electron chi connectivity index (χ1n) is 15.9. The van der Waals surface area contributed by atoms with E-state index in [-0.39, 0.29) is 6.61 Å². The van der Waals surface area contributed by atoms with E-state index in [2.05, 4.69) is 4.37 Å². The SMILES string of the molecule is Cc1nsc2c1nc(SCc1ccccc1)n2[C@@H]1O[C@H](COC(=O)c2ccccc2)[C@@H](OC(=O)c2ccccc2)[C@H]1OC(=O)c1ccccc1. The van der Waals surface area contributed by atoms with Crippen molar-refractivity contribution in [3.63, 3.8) is 0 Å². The molecule has 0 bridgehead atoms. The summed E-state index contributed by atoms with van der Waals surface area (Å²) in [5.41, 5.74) is 3.46. The Labute approximate surface area is 296 Å². The van der Waals surface area contributed by atoms with Crippen LogP contribution in [0.4, 0.5) is 0 Å². The van der Waals surface area contributed by atoms with Gasteiger partial charge in [0.1, 0.15) is 23.1 Å². The normalized spacial score (nSPS) is 18.5. The van der Waals surface area contributed by atoms with Crippen LogP contribution in [0.1, 0.15) is 48.6 Å². The monoisotopic (exact) mass is 705 g/mol. The van der Waals surface area contributed by atoms with E-state index in [0.717, 1.165) is 11.3 Å². The smallest absolute Gasteiger partial charge is 0.338 e. The molecule has 2 aromatic heterocycles. The third kappa shape index (κ3) is 7.18. The molecule has 12 heteroatoms. The number of imidazole rings is 1. The number of carbonyl (C=O) groups is 3. The van der Waals surface area contributed by atoms with Gasteiger partial charge in [0.25, 0.3) is 0 Å². The molecule has 0 unspecified atom stereocenters. The second-order valence-electron chi connectivity index (χ2n) is 11.5. The number of ether oxygens (including phenoxy) is 4. The van der Waals surface area contributed by atoms with E-state index in [4.69, 9.17) is 23.9 Å². The number of hydrogen-bond donors (Lipinski definition) is 0. The van der Waals surface area contributed by atoms with E-state index >= 15 is 0 Å². The number of carbonyl (C=O) groups excluding carboxylic acids is 3. The Bertz CT molecular complexity index is 2090. The molecule has 1 fully saturated rings. The van der Waals surface area contributed by atoms with Gasteiger partial charge in [-0.1, -0.05) is 96.7 Å². The van der Waals surface area contributed by atoms with Crippen molar-refractivity contribution >= 4 is 51.5 Å². The van der Waals surface area contributed by atoms with Crippen LogP contribution in [0.2, 0.25) is 0 Å². The van der Waals surface area contributed by atoms with Crippen LogP contribution in [0, 0.1) is 6.92 Å². The molecule has 0 N–H and O–H groups in total. The van der Waals surface area contributed by atoms with Gasteiger partial charge in [0.2, 0.25) is 0 Å². The summed E-state index contributed by atoms with van der Waals surface area (Å²) in [4.78, 5) is 46.0. The van der Waals surface area contributed by atoms with Gasteiger partial charge in [0.15, 0.2) is 23.6 Å². The van der Waals surface area contributed by atoms with Gasteiger partial charge in [0, 0.05) is 5.75 Å². The van der Waals surface area contributed by atoms with Gasteiger partial charge in [-0.05, 0) is 60.4 Å². The Kier molecular flexibility index (Phi) is 10.0. The molecule has 4 atom stereocenters. The predicted octanol–water partition coefficient (Wildman–Crippen LogP) is 7.30. The molecule has 0 saturated carbocycles. The van der Waals surface area contributed by atoms with E-state index in [0.29, 0.717) is 37.9 Å². The Morgan fingerprint density at radius 1 is 0.740 bits per heavy atom. The molecule has 6 aromatic rings. The van der Waals surface area contributed by atoms with E-state index in [1.807, 2.05) is 41.8 Å². The van der Waals surface area contributed by atoms with E-state index < -0.39 is 42.4 Å². The van der Waals surface area contributed by atoms with Crippen LogP contribution in [0.3, 0.4) is 0 Å². The fraction of sp³-hybridized carbons (Fsp3) is 0.184. The van der Waals surface area contributed by atoms with Crippen molar-refractivity contribution in [3.8, 4) is 0 Å². The maximum Gasteiger partial charge on any atom is 0.338 e. The average Bonchev–Trinajstić information content (AvgIpc) is 3.82. The van der Waals surface area contributed by atoms with E-state index in [9.17, 15) is 14.4 Å². The van der Waals surface area contributed by atoms with Crippen LogP contribution < -0.4 is 0 Å². The zero-order valence-corrected chi connectivity index (χ0v) is 28.4. The van der Waals surface area contributed by atoms with E-state index in [1.165, 1.54) is 23.3 Å². The molecule has 1 saturated heterocycles. The van der Waals surface area contributed by atoms with Crippen molar-refractivity contribution in [2.24, 2.45) is 0 Å². The molecule has 1 aliphatic rings. The fourth-order valence-electron chi connectivity index (χ4n) is 5.59. The van der Waals surface area contributed by atoms with Gasteiger partial charge in [-0.25, -0.2) is 19.4 Å². The molecule has 0 amide bonds. The van der Waals surface area contributed by atoms with Crippen LogP contribution in [-0.2, 0) is 24.7 Å². The first-order chi connectivity index (χ1) is 24.5. The molecular weight excluding hydrogens is 675 g/mol. The highest BCUT2D eigenvalue weighted by Gasteiger charge is 2.52. The quantitative estimate of drug-likeness (QED) is 0.0772. The minimum atomic E-state index is -1.18. The van der Waals surface area contributed by atoms with Gasteiger partial charge in [-0.2, -0.15) is 4.37 Å². The maximum absolute atomic E-state index is 13.7. The van der Waals surface area contributed by atoms with Crippen LogP contribution in [0.15, 0.2) is 126 Å². The molecule has 7 rings (SSSR count). The highest BCUT2D eigenvalue weighted by atomic mass is 32.2. The number of aromatic nitrogens is 3. The second kappa shape index (κ2) is 15.1. The highest BCUT2D eigenvalue weighted by Crippen LogP contribution is 2.41. The van der Waals surface area contributed by atoms with Crippen LogP contribution >= 0.6 is 23.3 Å². The van der Waals surface area contributed by atoms with Crippen LogP contribution in [-0.4, -0.2) is 56.8 Å². The number of fused-ring (bicyclic) bond motifs is 1. The Hall–Kier alpha value is -5.30. The number of aryl methyl sites for hydroxylation is 1. The summed E-state index contributed by atoms with van der Waals surface area (Å²) in [6.07, 6.45) is -4.40. The lowest BCUT2D eigenvalue weighted by atomic mass is 10.1. The summed E-state index contributed by atoms with van der Waals surface area (Å²) >= 11 is 2.73. The topological polar surface area (TPSA) is 119 Å². The molecule has 3 heterocycles. The molecule has 50 heavy (non-hydrogen) atoms. The van der Waals surface area contributed by atoms with Crippen molar-refractivity contribution in [1.29, 1.82) is 0 Å². The van der Waals surface area contributed by atoms with Gasteiger partial charge >= 0.3 is 17.9 Å². The minimum Gasteiger partial charge on any atom is -0.459 e. The number of benzene rings is 4. The summed E-state index contributed by atoms with van der Waals surface area (Å²) < 4.78 is 31.1. The third-order valence-electron chi connectivity index (χ3n) is 8.09. The number of nitrogens with zero attached hydrogens (tertiary/aromatic N) is 3. The van der Waals surface area contributed by atoms with Gasteiger partial charge in [0.05, 0.1) is 22.4 Å². The van der Waals surface area contributed by atoms with Crippen molar-refractivity contribution in [3.05, 3.63) is 149 Å². The van der Waals surface area contributed by atoms with Crippen LogP contribution in [0.5, 0.6) is 0 Å². The number of hydrogen-bond acceptors (Lipinski definition) is 11. The van der Waals surface area contributed by atoms with E-state index in [1.54, 1.807) is 91.0 Å². The summed E-state index contributed by atoms with van der Waals surface area (Å²) in [6, 6.07) is 35.5. The van der Waals surface area contributed by atoms with Gasteiger partial charge < -0.3 is 18.9 Å².